The average Bonchev–Trinajstić information content (AvgIpc) is 2.96. The molecular formula is C15H17FN2OS. The van der Waals surface area contributed by atoms with Gasteiger partial charge in [0.05, 0.1) is 12.1 Å². The SMILES string of the molecule is NCC#Cc1cc(F)ccc1C(=O)NCC1CCCS1. The number of nitrogens with two attached hydrogens (primary N) is 1. The van der Waals surface area contributed by atoms with Crippen LogP contribution < -0.4 is 11.1 Å². The molecular weight excluding hydrogens is 275 g/mol. The van der Waals surface area contributed by atoms with E-state index < -0.39 is 5.82 Å². The molecule has 1 aliphatic heterocycles. The smallest absolute Gasteiger partial charge is 0.252 e. The van der Waals surface area contributed by atoms with Gasteiger partial charge in [-0.1, -0.05) is 11.8 Å². The van der Waals surface area contributed by atoms with Crippen LogP contribution in [0.5, 0.6) is 0 Å². The number of benzene rings is 1. The lowest BCUT2D eigenvalue weighted by Gasteiger charge is -2.11. The number of thioether (sulfide) groups is 1. The van der Waals surface area contributed by atoms with Crippen molar-refractivity contribution in [2.75, 3.05) is 18.8 Å². The summed E-state index contributed by atoms with van der Waals surface area (Å²) in [7, 11) is 0. The Morgan fingerprint density at radius 1 is 1.55 bits per heavy atom. The normalized spacial score (nSPS) is 17.4. The van der Waals surface area contributed by atoms with Crippen LogP contribution in [0.25, 0.3) is 0 Å². The molecule has 1 amide bonds. The van der Waals surface area contributed by atoms with E-state index in [0.29, 0.717) is 22.9 Å². The monoisotopic (exact) mass is 292 g/mol. The standard InChI is InChI=1S/C15H17FN2OS/c16-12-5-6-14(11(9-12)3-1-7-17)15(19)18-10-13-4-2-8-20-13/h5-6,9,13H,2,4,7-8,10,17H2,(H,18,19). The van der Waals surface area contributed by atoms with E-state index >= 15 is 0 Å². The molecule has 2 rings (SSSR count). The van der Waals surface area contributed by atoms with Crippen LogP contribution in [0.2, 0.25) is 0 Å². The Morgan fingerprint density at radius 2 is 2.40 bits per heavy atom. The summed E-state index contributed by atoms with van der Waals surface area (Å²) in [5.74, 6) is 5.93. The van der Waals surface area contributed by atoms with Crippen molar-refractivity contribution in [3.8, 4) is 11.8 Å². The highest BCUT2D eigenvalue weighted by Gasteiger charge is 2.17. The second kappa shape index (κ2) is 7.32. The number of halogens is 1. The summed E-state index contributed by atoms with van der Waals surface area (Å²) in [5.41, 5.74) is 6.09. The van der Waals surface area contributed by atoms with Gasteiger partial charge in [-0.25, -0.2) is 4.39 Å². The van der Waals surface area contributed by atoms with Gasteiger partial charge in [-0.15, -0.1) is 0 Å². The number of nitrogens with one attached hydrogen (secondary N) is 1. The van der Waals surface area contributed by atoms with Gasteiger partial charge in [0, 0.05) is 17.4 Å². The van der Waals surface area contributed by atoms with Gasteiger partial charge in [-0.05, 0) is 36.8 Å². The molecule has 5 heteroatoms. The first-order chi connectivity index (χ1) is 9.70. The molecule has 1 atom stereocenters. The predicted octanol–water partition coefficient (Wildman–Crippen LogP) is 1.76. The van der Waals surface area contributed by atoms with E-state index in [4.69, 9.17) is 5.73 Å². The van der Waals surface area contributed by atoms with Crippen molar-refractivity contribution >= 4 is 17.7 Å². The highest BCUT2D eigenvalue weighted by molar-refractivity contribution is 8.00. The summed E-state index contributed by atoms with van der Waals surface area (Å²) in [6, 6.07) is 4.00. The van der Waals surface area contributed by atoms with Crippen LogP contribution in [0.1, 0.15) is 28.8 Å². The Hall–Kier alpha value is -1.51. The maximum absolute atomic E-state index is 13.2. The zero-order valence-corrected chi connectivity index (χ0v) is 11.9. The van der Waals surface area contributed by atoms with E-state index in [9.17, 15) is 9.18 Å². The molecule has 1 aliphatic rings. The van der Waals surface area contributed by atoms with Crippen LogP contribution >= 0.6 is 11.8 Å². The fraction of sp³-hybridized carbons (Fsp3) is 0.400. The summed E-state index contributed by atoms with van der Waals surface area (Å²) >= 11 is 1.88. The Kier molecular flexibility index (Phi) is 5.45. The van der Waals surface area contributed by atoms with Gasteiger partial charge in [0.15, 0.2) is 0 Å². The number of amides is 1. The molecule has 20 heavy (non-hydrogen) atoms. The zero-order valence-electron chi connectivity index (χ0n) is 11.1. The van der Waals surface area contributed by atoms with Crippen LogP contribution in [-0.2, 0) is 0 Å². The summed E-state index contributed by atoms with van der Waals surface area (Å²) in [6.45, 7) is 0.820. The van der Waals surface area contributed by atoms with Gasteiger partial charge in [-0.2, -0.15) is 11.8 Å². The molecule has 3 N–H and O–H groups in total. The summed E-state index contributed by atoms with van der Waals surface area (Å²) < 4.78 is 13.2. The highest BCUT2D eigenvalue weighted by Crippen LogP contribution is 2.25. The first kappa shape index (κ1) is 14.9. The molecule has 0 bridgehead atoms. The second-order valence-electron chi connectivity index (χ2n) is 4.54. The zero-order chi connectivity index (χ0) is 14.4. The fourth-order valence-electron chi connectivity index (χ4n) is 2.07. The van der Waals surface area contributed by atoms with Crippen molar-refractivity contribution < 1.29 is 9.18 Å². The number of rotatable bonds is 3. The molecule has 0 radical (unpaired) electrons. The van der Waals surface area contributed by atoms with Crippen LogP contribution in [0.4, 0.5) is 4.39 Å². The van der Waals surface area contributed by atoms with Crippen LogP contribution in [0.15, 0.2) is 18.2 Å². The van der Waals surface area contributed by atoms with Crippen molar-refractivity contribution in [3.63, 3.8) is 0 Å². The third kappa shape index (κ3) is 3.99. The molecule has 106 valence electrons. The molecule has 1 aromatic carbocycles. The number of hydrogen-bond donors (Lipinski definition) is 2. The third-order valence-electron chi connectivity index (χ3n) is 3.07. The van der Waals surface area contributed by atoms with Crippen molar-refractivity contribution in [2.45, 2.75) is 18.1 Å². The molecule has 1 saturated heterocycles. The van der Waals surface area contributed by atoms with Crippen molar-refractivity contribution in [3.05, 3.63) is 35.1 Å². The quantitative estimate of drug-likeness (QED) is 0.835. The molecule has 1 heterocycles. The summed E-state index contributed by atoms with van der Waals surface area (Å²) in [5, 5.41) is 3.38. The van der Waals surface area contributed by atoms with Crippen molar-refractivity contribution in [2.24, 2.45) is 5.73 Å². The average molecular weight is 292 g/mol. The number of carbonyl (C=O) groups excluding carboxylic acids is 1. The maximum atomic E-state index is 13.2. The largest absolute Gasteiger partial charge is 0.351 e. The Morgan fingerprint density at radius 3 is 3.10 bits per heavy atom. The molecule has 3 nitrogen and oxygen atoms in total. The summed E-state index contributed by atoms with van der Waals surface area (Å²) in [6.07, 6.45) is 2.34. The minimum Gasteiger partial charge on any atom is -0.351 e. The minimum absolute atomic E-state index is 0.177. The van der Waals surface area contributed by atoms with Crippen LogP contribution in [-0.4, -0.2) is 30.0 Å². The second-order valence-corrected chi connectivity index (χ2v) is 5.95. The lowest BCUT2D eigenvalue weighted by molar-refractivity contribution is 0.0953. The van der Waals surface area contributed by atoms with Gasteiger partial charge in [-0.3, -0.25) is 4.79 Å². The van der Waals surface area contributed by atoms with E-state index in [-0.39, 0.29) is 12.5 Å². The van der Waals surface area contributed by atoms with Crippen LogP contribution in [0.3, 0.4) is 0 Å². The van der Waals surface area contributed by atoms with Gasteiger partial charge in [0.1, 0.15) is 5.82 Å². The maximum Gasteiger partial charge on any atom is 0.252 e. The summed E-state index contributed by atoms with van der Waals surface area (Å²) in [4.78, 5) is 12.2. The first-order valence-corrected chi connectivity index (χ1v) is 7.64. The minimum atomic E-state index is -0.408. The third-order valence-corrected chi connectivity index (χ3v) is 4.46. The fourth-order valence-corrected chi connectivity index (χ4v) is 3.27. The topological polar surface area (TPSA) is 55.1 Å². The molecule has 1 aromatic rings. The number of hydrogen-bond acceptors (Lipinski definition) is 3. The van der Waals surface area contributed by atoms with E-state index in [1.54, 1.807) is 0 Å². The molecule has 0 saturated carbocycles. The highest BCUT2D eigenvalue weighted by atomic mass is 32.2. The van der Waals surface area contributed by atoms with Crippen molar-refractivity contribution in [1.82, 2.24) is 5.32 Å². The Balaban J connectivity index is 2.07. The molecule has 1 unspecified atom stereocenters. The van der Waals surface area contributed by atoms with E-state index in [0.717, 1.165) is 12.2 Å². The van der Waals surface area contributed by atoms with Gasteiger partial charge < -0.3 is 11.1 Å². The Labute approximate surface area is 122 Å². The van der Waals surface area contributed by atoms with Gasteiger partial charge in [0.25, 0.3) is 5.91 Å². The number of carbonyl (C=O) groups is 1. The van der Waals surface area contributed by atoms with E-state index in [1.807, 2.05) is 11.8 Å². The van der Waals surface area contributed by atoms with Gasteiger partial charge >= 0.3 is 0 Å². The predicted molar refractivity (Wildman–Crippen MR) is 80.1 cm³/mol. The molecule has 0 aromatic heterocycles. The molecule has 1 fully saturated rings. The van der Waals surface area contributed by atoms with Crippen LogP contribution in [0, 0.1) is 17.7 Å². The Bertz CT molecular complexity index is 545. The lowest BCUT2D eigenvalue weighted by Crippen LogP contribution is -2.30. The molecule has 0 aliphatic carbocycles. The first-order valence-electron chi connectivity index (χ1n) is 6.59. The van der Waals surface area contributed by atoms with Gasteiger partial charge in [0.2, 0.25) is 0 Å². The molecule has 0 spiro atoms. The lowest BCUT2D eigenvalue weighted by atomic mass is 10.1. The van der Waals surface area contributed by atoms with Crippen molar-refractivity contribution in [1.29, 1.82) is 0 Å². The van der Waals surface area contributed by atoms with E-state index in [2.05, 4.69) is 17.2 Å². The van der Waals surface area contributed by atoms with E-state index in [1.165, 1.54) is 24.6 Å².